The molecule has 2 N–H and O–H groups in total. The van der Waals surface area contributed by atoms with Gasteiger partial charge in [-0.25, -0.2) is 4.79 Å². The lowest BCUT2D eigenvalue weighted by atomic mass is 9.98. The third-order valence-corrected chi connectivity index (χ3v) is 7.18. The maximum Gasteiger partial charge on any atom is 0.411 e. The van der Waals surface area contributed by atoms with Crippen molar-refractivity contribution >= 4 is 17.7 Å². The van der Waals surface area contributed by atoms with Gasteiger partial charge in [-0.05, 0) is 41.2 Å². The molecule has 1 unspecified atom stereocenters. The number of carbonyl (C=O) groups excluding carboxylic acids is 2. The minimum Gasteiger partial charge on any atom is -0.493 e. The third-order valence-electron chi connectivity index (χ3n) is 7.18. The average Bonchev–Trinajstić information content (AvgIpc) is 3.54. The number of aliphatic hydroxyl groups is 1. The van der Waals surface area contributed by atoms with E-state index in [-0.39, 0.29) is 42.3 Å². The third kappa shape index (κ3) is 4.60. The molecule has 8 nitrogen and oxygen atoms in total. The fourth-order valence-electron chi connectivity index (χ4n) is 5.35. The summed E-state index contributed by atoms with van der Waals surface area (Å²) in [4.78, 5) is 28.1. The first kappa shape index (κ1) is 24.6. The second-order valence-electron chi connectivity index (χ2n) is 9.18. The summed E-state index contributed by atoms with van der Waals surface area (Å²) in [5.41, 5.74) is 5.01. The number of likely N-dealkylation sites (tertiary alicyclic amines) is 1. The van der Waals surface area contributed by atoms with Gasteiger partial charge in [0.05, 0.1) is 38.1 Å². The Kier molecular flexibility index (Phi) is 7.01. The molecule has 0 bridgehead atoms. The van der Waals surface area contributed by atoms with Crippen LogP contribution in [0.1, 0.15) is 40.2 Å². The predicted octanol–water partition coefficient (Wildman–Crippen LogP) is 4.66. The normalized spacial score (nSPS) is 16.2. The molecule has 1 atom stereocenters. The molecule has 5 rings (SSSR count). The number of rotatable bonds is 7. The predicted molar refractivity (Wildman–Crippen MR) is 139 cm³/mol. The highest BCUT2D eigenvalue weighted by atomic mass is 16.5. The number of fused-ring (bicyclic) bond motifs is 3. The maximum absolute atomic E-state index is 13.5. The van der Waals surface area contributed by atoms with Crippen molar-refractivity contribution in [2.45, 2.75) is 24.8 Å². The summed E-state index contributed by atoms with van der Waals surface area (Å²) in [6, 6.07) is 19.1. The van der Waals surface area contributed by atoms with Gasteiger partial charge >= 0.3 is 6.09 Å². The lowest BCUT2D eigenvalue weighted by Gasteiger charge is -2.25. The molecule has 0 radical (unpaired) electrons. The van der Waals surface area contributed by atoms with Gasteiger partial charge < -0.3 is 24.2 Å². The Bertz CT molecular complexity index is 1280. The molecule has 2 aliphatic rings. The molecule has 3 aromatic rings. The standard InChI is InChI=1S/C29H30N2O6/c1-35-26-14-23(28(33)31-13-7-8-18(31)16-32)25(15-27(26)36-2)30-29(34)37-17-24-21-11-5-3-9-19(21)20-10-4-6-12-22(20)24/h3-6,9-12,14-15,18,24,32H,7-8,13,16-17H2,1-2H3,(H,30,34). The van der Waals surface area contributed by atoms with Crippen LogP contribution in [0, 0.1) is 0 Å². The van der Waals surface area contributed by atoms with Crippen LogP contribution in [0.25, 0.3) is 11.1 Å². The number of nitrogens with zero attached hydrogens (tertiary/aromatic N) is 1. The monoisotopic (exact) mass is 502 g/mol. The molecule has 8 heteroatoms. The second kappa shape index (κ2) is 10.5. The highest BCUT2D eigenvalue weighted by molar-refractivity contribution is 6.04. The van der Waals surface area contributed by atoms with Crippen LogP contribution in [-0.4, -0.2) is 62.0 Å². The Labute approximate surface area is 215 Å². The van der Waals surface area contributed by atoms with Crippen molar-refractivity contribution in [1.82, 2.24) is 4.90 Å². The van der Waals surface area contributed by atoms with E-state index in [1.807, 2.05) is 24.3 Å². The lowest BCUT2D eigenvalue weighted by molar-refractivity contribution is 0.0678. The van der Waals surface area contributed by atoms with Gasteiger partial charge in [0, 0.05) is 18.5 Å². The largest absolute Gasteiger partial charge is 0.493 e. The van der Waals surface area contributed by atoms with Crippen LogP contribution < -0.4 is 14.8 Å². The van der Waals surface area contributed by atoms with E-state index in [2.05, 4.69) is 29.6 Å². The zero-order valence-electron chi connectivity index (χ0n) is 20.9. The van der Waals surface area contributed by atoms with E-state index in [1.54, 1.807) is 17.0 Å². The molecule has 37 heavy (non-hydrogen) atoms. The van der Waals surface area contributed by atoms with Crippen LogP contribution in [0.3, 0.4) is 0 Å². The molecule has 1 aliphatic heterocycles. The summed E-state index contributed by atoms with van der Waals surface area (Å²) in [7, 11) is 2.97. The molecule has 1 heterocycles. The number of hydrogen-bond acceptors (Lipinski definition) is 6. The second-order valence-corrected chi connectivity index (χ2v) is 9.18. The number of methoxy groups -OCH3 is 2. The van der Waals surface area contributed by atoms with Gasteiger partial charge in [0.15, 0.2) is 11.5 Å². The minimum absolute atomic E-state index is 0.0837. The van der Waals surface area contributed by atoms with E-state index in [0.717, 1.165) is 35.1 Å². The summed E-state index contributed by atoms with van der Waals surface area (Å²) < 4.78 is 16.5. The number of amides is 2. The number of hydrogen-bond donors (Lipinski definition) is 2. The van der Waals surface area contributed by atoms with Crippen molar-refractivity contribution in [1.29, 1.82) is 0 Å². The Balaban J connectivity index is 1.38. The van der Waals surface area contributed by atoms with Crippen LogP contribution in [0.2, 0.25) is 0 Å². The Morgan fingerprint density at radius 3 is 2.22 bits per heavy atom. The van der Waals surface area contributed by atoms with Gasteiger partial charge in [0.1, 0.15) is 6.61 Å². The van der Waals surface area contributed by atoms with Crippen molar-refractivity contribution in [3.63, 3.8) is 0 Å². The maximum atomic E-state index is 13.5. The highest BCUT2D eigenvalue weighted by Crippen LogP contribution is 2.44. The van der Waals surface area contributed by atoms with Gasteiger partial charge in [-0.1, -0.05) is 48.5 Å². The van der Waals surface area contributed by atoms with Gasteiger partial charge in [0.25, 0.3) is 5.91 Å². The first-order valence-corrected chi connectivity index (χ1v) is 12.4. The van der Waals surface area contributed by atoms with E-state index in [0.29, 0.717) is 18.0 Å². The molecule has 1 fully saturated rings. The molecule has 1 aliphatic carbocycles. The van der Waals surface area contributed by atoms with Gasteiger partial charge in [-0.15, -0.1) is 0 Å². The number of aliphatic hydroxyl groups excluding tert-OH is 1. The molecule has 0 aromatic heterocycles. The first-order chi connectivity index (χ1) is 18.0. The van der Waals surface area contributed by atoms with E-state index in [4.69, 9.17) is 14.2 Å². The van der Waals surface area contributed by atoms with Crippen LogP contribution in [0.4, 0.5) is 10.5 Å². The quantitative estimate of drug-likeness (QED) is 0.488. The SMILES string of the molecule is COc1cc(NC(=O)OCC2c3ccccc3-c3ccccc32)c(C(=O)N2CCCC2CO)cc1OC. The zero-order chi connectivity index (χ0) is 25.9. The molecule has 2 amide bonds. The molecule has 1 saturated heterocycles. The summed E-state index contributed by atoms with van der Waals surface area (Å²) in [5, 5.41) is 12.5. The number of benzene rings is 3. The van der Waals surface area contributed by atoms with E-state index < -0.39 is 6.09 Å². The van der Waals surface area contributed by atoms with Gasteiger partial charge in [-0.3, -0.25) is 10.1 Å². The summed E-state index contributed by atoms with van der Waals surface area (Å²) in [6.45, 7) is 0.562. The fraction of sp³-hybridized carbons (Fsp3) is 0.310. The molecular formula is C29H30N2O6. The molecule has 0 spiro atoms. The molecular weight excluding hydrogens is 472 g/mol. The van der Waals surface area contributed by atoms with E-state index >= 15 is 0 Å². The van der Waals surface area contributed by atoms with Crippen LogP contribution in [-0.2, 0) is 4.74 Å². The van der Waals surface area contributed by atoms with Crippen molar-refractivity contribution in [3.8, 4) is 22.6 Å². The van der Waals surface area contributed by atoms with Crippen molar-refractivity contribution < 1.29 is 28.9 Å². The number of nitrogens with one attached hydrogen (secondary N) is 1. The first-order valence-electron chi connectivity index (χ1n) is 12.4. The Morgan fingerprint density at radius 2 is 1.59 bits per heavy atom. The number of ether oxygens (including phenoxy) is 3. The average molecular weight is 503 g/mol. The van der Waals surface area contributed by atoms with Crippen molar-refractivity contribution in [3.05, 3.63) is 77.4 Å². The van der Waals surface area contributed by atoms with E-state index in [1.165, 1.54) is 14.2 Å². The van der Waals surface area contributed by atoms with Crippen LogP contribution in [0.5, 0.6) is 11.5 Å². The van der Waals surface area contributed by atoms with Gasteiger partial charge in [0.2, 0.25) is 0 Å². The van der Waals surface area contributed by atoms with Gasteiger partial charge in [-0.2, -0.15) is 0 Å². The highest BCUT2D eigenvalue weighted by Gasteiger charge is 2.32. The van der Waals surface area contributed by atoms with Crippen LogP contribution in [0.15, 0.2) is 60.7 Å². The van der Waals surface area contributed by atoms with Crippen molar-refractivity contribution in [2.24, 2.45) is 0 Å². The molecule has 192 valence electrons. The van der Waals surface area contributed by atoms with Crippen molar-refractivity contribution in [2.75, 3.05) is 39.3 Å². The summed E-state index contributed by atoms with van der Waals surface area (Å²) >= 11 is 0. The summed E-state index contributed by atoms with van der Waals surface area (Å²) in [5.74, 6) is 0.350. The number of anilines is 1. The molecule has 3 aromatic carbocycles. The molecule has 0 saturated carbocycles. The summed E-state index contributed by atoms with van der Waals surface area (Å²) in [6.07, 6.45) is 0.854. The topological polar surface area (TPSA) is 97.3 Å². The Hall–Kier alpha value is -4.04. The van der Waals surface area contributed by atoms with Crippen LogP contribution >= 0.6 is 0 Å². The smallest absolute Gasteiger partial charge is 0.411 e. The fourth-order valence-corrected chi connectivity index (χ4v) is 5.35. The van der Waals surface area contributed by atoms with E-state index in [9.17, 15) is 14.7 Å². The Morgan fingerprint density at radius 1 is 0.973 bits per heavy atom. The minimum atomic E-state index is -0.678. The number of carbonyl (C=O) groups is 2. The lowest BCUT2D eigenvalue weighted by Crippen LogP contribution is -2.38. The zero-order valence-corrected chi connectivity index (χ0v) is 20.9.